The summed E-state index contributed by atoms with van der Waals surface area (Å²) in [5.41, 5.74) is 0.831. The summed E-state index contributed by atoms with van der Waals surface area (Å²) in [6, 6.07) is 1.87. The lowest BCUT2D eigenvalue weighted by Gasteiger charge is -2.20. The molecule has 1 atom stereocenters. The molecule has 1 aliphatic heterocycles. The van der Waals surface area contributed by atoms with E-state index in [1.807, 2.05) is 0 Å². The molecule has 0 saturated carbocycles. The number of carbonyl (C=O) groups excluding carboxylic acids is 1. The first-order valence-electron chi connectivity index (χ1n) is 4.66. The van der Waals surface area contributed by atoms with E-state index in [0.29, 0.717) is 0 Å². The maximum absolute atomic E-state index is 11.5. The zero-order valence-electron chi connectivity index (χ0n) is 7.85. The molecule has 1 saturated heterocycles. The highest BCUT2D eigenvalue weighted by Gasteiger charge is 2.30. The van der Waals surface area contributed by atoms with Crippen molar-refractivity contribution in [3.05, 3.63) is 30.7 Å². The summed E-state index contributed by atoms with van der Waals surface area (Å²) in [5, 5.41) is 3.86. The minimum Gasteiger partial charge on any atom is -0.364 e. The maximum atomic E-state index is 11.5. The van der Waals surface area contributed by atoms with Crippen molar-refractivity contribution >= 4 is 5.91 Å². The van der Waals surface area contributed by atoms with Gasteiger partial charge in [0.15, 0.2) is 0 Å². The van der Waals surface area contributed by atoms with Gasteiger partial charge in [-0.25, -0.2) is 0 Å². The fraction of sp³-hybridized carbons (Fsp3) is 0.400. The normalized spacial score (nSPS) is 21.1. The molecular weight excluding hydrogens is 180 g/mol. The lowest BCUT2D eigenvalue weighted by atomic mass is 10.1. The van der Waals surface area contributed by atoms with Gasteiger partial charge in [0, 0.05) is 12.6 Å². The quantitative estimate of drug-likeness (QED) is 0.667. The zero-order valence-corrected chi connectivity index (χ0v) is 7.85. The number of hydrogen-bond donors (Lipinski definition) is 0. The third-order valence-electron chi connectivity index (χ3n) is 2.51. The second kappa shape index (κ2) is 3.65. The number of rotatable bonds is 2. The first-order valence-corrected chi connectivity index (χ1v) is 4.66. The monoisotopic (exact) mass is 192 g/mol. The van der Waals surface area contributed by atoms with Crippen LogP contribution in [0.3, 0.4) is 0 Å². The zero-order chi connectivity index (χ0) is 9.97. The van der Waals surface area contributed by atoms with Gasteiger partial charge in [0.05, 0.1) is 6.04 Å². The topological polar surface area (TPSA) is 46.3 Å². The van der Waals surface area contributed by atoms with Crippen LogP contribution in [0.1, 0.15) is 24.6 Å². The molecule has 1 aromatic heterocycles. The Morgan fingerprint density at radius 2 is 2.64 bits per heavy atom. The van der Waals surface area contributed by atoms with Gasteiger partial charge in [-0.2, -0.15) is 0 Å². The largest absolute Gasteiger partial charge is 0.364 e. The minimum atomic E-state index is -0.0319. The van der Waals surface area contributed by atoms with E-state index < -0.39 is 0 Å². The molecule has 0 aromatic carbocycles. The van der Waals surface area contributed by atoms with Crippen LogP contribution >= 0.6 is 0 Å². The molecule has 1 fully saturated rings. The lowest BCUT2D eigenvalue weighted by molar-refractivity contribution is -0.127. The first-order chi connectivity index (χ1) is 6.83. The van der Waals surface area contributed by atoms with E-state index in [2.05, 4.69) is 11.7 Å². The van der Waals surface area contributed by atoms with Crippen LogP contribution in [-0.4, -0.2) is 22.5 Å². The fourth-order valence-electron chi connectivity index (χ4n) is 1.85. The van der Waals surface area contributed by atoms with Gasteiger partial charge in [-0.3, -0.25) is 4.79 Å². The Labute approximate surface area is 82.2 Å². The number of hydrogen-bond acceptors (Lipinski definition) is 3. The molecule has 0 spiro atoms. The molecule has 1 aromatic rings. The first kappa shape index (κ1) is 8.99. The van der Waals surface area contributed by atoms with E-state index in [1.54, 1.807) is 11.0 Å². The van der Waals surface area contributed by atoms with Crippen molar-refractivity contribution in [2.45, 2.75) is 18.9 Å². The van der Waals surface area contributed by atoms with E-state index in [9.17, 15) is 4.79 Å². The van der Waals surface area contributed by atoms with Crippen LogP contribution in [0, 0.1) is 0 Å². The van der Waals surface area contributed by atoms with Gasteiger partial charge >= 0.3 is 0 Å². The van der Waals surface area contributed by atoms with Crippen molar-refractivity contribution in [2.75, 3.05) is 6.54 Å². The minimum absolute atomic E-state index is 0.0319. The van der Waals surface area contributed by atoms with Gasteiger partial charge in [-0.1, -0.05) is 11.7 Å². The van der Waals surface area contributed by atoms with Crippen molar-refractivity contribution in [1.82, 2.24) is 10.1 Å². The molecule has 0 radical (unpaired) electrons. The van der Waals surface area contributed by atoms with Gasteiger partial charge in [0.2, 0.25) is 5.91 Å². The molecule has 1 aliphatic rings. The van der Waals surface area contributed by atoms with E-state index in [4.69, 9.17) is 4.52 Å². The highest BCUT2D eigenvalue weighted by molar-refractivity contribution is 5.87. The summed E-state index contributed by atoms with van der Waals surface area (Å²) in [4.78, 5) is 13.3. The number of likely N-dealkylation sites (tertiary alicyclic amines) is 1. The molecule has 4 nitrogen and oxygen atoms in total. The Hall–Kier alpha value is -1.58. The standard InChI is InChI=1S/C10H12N2O2/c1-2-10(13)12-6-3-4-9(12)8-5-7-14-11-8/h2,5,7,9H,1,3-4,6H2/t9-/m1/s1. The van der Waals surface area contributed by atoms with E-state index >= 15 is 0 Å². The second-order valence-corrected chi connectivity index (χ2v) is 3.32. The average molecular weight is 192 g/mol. The third-order valence-corrected chi connectivity index (χ3v) is 2.51. The van der Waals surface area contributed by atoms with Crippen LogP contribution < -0.4 is 0 Å². The number of aromatic nitrogens is 1. The highest BCUT2D eigenvalue weighted by atomic mass is 16.5. The number of nitrogens with zero attached hydrogens (tertiary/aromatic N) is 2. The summed E-state index contributed by atoms with van der Waals surface area (Å²) in [5.74, 6) is -0.0319. The second-order valence-electron chi connectivity index (χ2n) is 3.32. The Balaban J connectivity index is 2.19. The molecule has 0 aliphatic carbocycles. The summed E-state index contributed by atoms with van der Waals surface area (Å²) >= 11 is 0. The number of amides is 1. The SMILES string of the molecule is C=CC(=O)N1CCC[C@@H]1c1ccon1. The molecule has 14 heavy (non-hydrogen) atoms. The van der Waals surface area contributed by atoms with Crippen molar-refractivity contribution in [1.29, 1.82) is 0 Å². The van der Waals surface area contributed by atoms with E-state index in [-0.39, 0.29) is 11.9 Å². The Morgan fingerprint density at radius 1 is 1.79 bits per heavy atom. The Morgan fingerprint density at radius 3 is 3.29 bits per heavy atom. The van der Waals surface area contributed by atoms with Crippen molar-refractivity contribution in [3.8, 4) is 0 Å². The van der Waals surface area contributed by atoms with E-state index in [0.717, 1.165) is 25.1 Å². The molecule has 2 heterocycles. The smallest absolute Gasteiger partial charge is 0.246 e. The molecule has 0 bridgehead atoms. The fourth-order valence-corrected chi connectivity index (χ4v) is 1.85. The number of carbonyl (C=O) groups is 1. The van der Waals surface area contributed by atoms with E-state index in [1.165, 1.54) is 12.3 Å². The van der Waals surface area contributed by atoms with Crippen LogP contribution in [0.15, 0.2) is 29.5 Å². The van der Waals surface area contributed by atoms with Crippen LogP contribution in [0.4, 0.5) is 0 Å². The molecular formula is C10H12N2O2. The maximum Gasteiger partial charge on any atom is 0.246 e. The van der Waals surface area contributed by atoms with Crippen molar-refractivity contribution in [2.24, 2.45) is 0 Å². The third kappa shape index (κ3) is 1.43. The molecule has 2 rings (SSSR count). The predicted molar refractivity (Wildman–Crippen MR) is 50.4 cm³/mol. The molecule has 0 N–H and O–H groups in total. The van der Waals surface area contributed by atoms with Gasteiger partial charge in [-0.15, -0.1) is 0 Å². The van der Waals surface area contributed by atoms with Crippen LogP contribution in [0.25, 0.3) is 0 Å². The van der Waals surface area contributed by atoms with Crippen LogP contribution in [0.2, 0.25) is 0 Å². The summed E-state index contributed by atoms with van der Waals surface area (Å²) < 4.78 is 4.77. The predicted octanol–water partition coefficient (Wildman–Crippen LogP) is 1.52. The molecule has 4 heteroatoms. The van der Waals surface area contributed by atoms with Gasteiger partial charge in [0.1, 0.15) is 12.0 Å². The molecule has 74 valence electrons. The molecule has 1 amide bonds. The summed E-state index contributed by atoms with van der Waals surface area (Å²) in [6.45, 7) is 4.27. The van der Waals surface area contributed by atoms with Crippen molar-refractivity contribution in [3.63, 3.8) is 0 Å². The van der Waals surface area contributed by atoms with Crippen molar-refractivity contribution < 1.29 is 9.32 Å². The van der Waals surface area contributed by atoms with Gasteiger partial charge in [0.25, 0.3) is 0 Å². The lowest BCUT2D eigenvalue weighted by Crippen LogP contribution is -2.28. The van der Waals surface area contributed by atoms with Crippen LogP contribution in [-0.2, 0) is 4.79 Å². The van der Waals surface area contributed by atoms with Gasteiger partial charge in [-0.05, 0) is 18.9 Å². The molecule has 0 unspecified atom stereocenters. The van der Waals surface area contributed by atoms with Crippen LogP contribution in [0.5, 0.6) is 0 Å². The highest BCUT2D eigenvalue weighted by Crippen LogP contribution is 2.30. The van der Waals surface area contributed by atoms with Gasteiger partial charge < -0.3 is 9.42 Å². The summed E-state index contributed by atoms with van der Waals surface area (Å²) in [7, 11) is 0. The Bertz CT molecular complexity index is 332. The Kier molecular flexibility index (Phi) is 2.35. The average Bonchev–Trinajstić information content (AvgIpc) is 2.85. The summed E-state index contributed by atoms with van der Waals surface area (Å²) in [6.07, 6.45) is 4.84.